The van der Waals surface area contributed by atoms with E-state index in [9.17, 15) is 0 Å². The molecular formula is C35H36N5+. The van der Waals surface area contributed by atoms with E-state index in [2.05, 4.69) is 138 Å². The highest BCUT2D eigenvalue weighted by atomic mass is 15.4. The summed E-state index contributed by atoms with van der Waals surface area (Å²) >= 11 is 0. The predicted octanol–water partition coefficient (Wildman–Crippen LogP) is 7.81. The monoisotopic (exact) mass is 526 g/mol. The fourth-order valence-electron chi connectivity index (χ4n) is 5.53. The van der Waals surface area contributed by atoms with Crippen LogP contribution in [0, 0.1) is 13.8 Å². The Kier molecular flexibility index (Phi) is 7.53. The van der Waals surface area contributed by atoms with Crippen LogP contribution in [0.4, 0.5) is 5.69 Å². The Bertz CT molecular complexity index is 1580. The predicted molar refractivity (Wildman–Crippen MR) is 163 cm³/mol. The second kappa shape index (κ2) is 11.7. The normalized spacial score (nSPS) is 14.3. The lowest BCUT2D eigenvalue weighted by Crippen LogP contribution is -2.47. The lowest BCUT2D eigenvalue weighted by Gasteiger charge is -2.22. The van der Waals surface area contributed by atoms with Crippen LogP contribution in [0.5, 0.6) is 0 Å². The molecule has 1 aromatic heterocycles. The highest BCUT2D eigenvalue weighted by molar-refractivity contribution is 6.10. The summed E-state index contributed by atoms with van der Waals surface area (Å²) in [7, 11) is 0. The summed E-state index contributed by atoms with van der Waals surface area (Å²) in [5, 5.41) is 10.5. The van der Waals surface area contributed by atoms with Gasteiger partial charge in [-0.3, -0.25) is 5.43 Å². The summed E-state index contributed by atoms with van der Waals surface area (Å²) in [6.45, 7) is 4.22. The van der Waals surface area contributed by atoms with Crippen molar-refractivity contribution in [1.82, 2.24) is 9.78 Å². The van der Waals surface area contributed by atoms with Gasteiger partial charge in [0.2, 0.25) is 0 Å². The third kappa shape index (κ3) is 5.46. The third-order valence-electron chi connectivity index (χ3n) is 7.71. The van der Waals surface area contributed by atoms with Crippen molar-refractivity contribution >= 4 is 11.4 Å². The van der Waals surface area contributed by atoms with Crippen molar-refractivity contribution in [2.45, 2.75) is 52.0 Å². The SMILES string of the molecule is Cc1ccc(NN=C(c2ccccc2)c2n(-c3ccc(C)cc3)nc(-c3ccccc3)[n+]2C2CCCCC2)cc1. The number of rotatable bonds is 7. The maximum Gasteiger partial charge on any atom is 0.310 e. The van der Waals surface area contributed by atoms with E-state index in [1.54, 1.807) is 0 Å². The van der Waals surface area contributed by atoms with Crippen LogP contribution in [0.15, 0.2) is 114 Å². The molecule has 4 aromatic carbocycles. The first-order chi connectivity index (χ1) is 19.7. The molecule has 5 nitrogen and oxygen atoms in total. The maximum atomic E-state index is 5.34. The molecule has 1 saturated carbocycles. The van der Waals surface area contributed by atoms with Crippen LogP contribution in [-0.4, -0.2) is 15.5 Å². The number of nitrogens with one attached hydrogen (secondary N) is 1. The van der Waals surface area contributed by atoms with Gasteiger partial charge in [-0.25, -0.2) is 4.57 Å². The van der Waals surface area contributed by atoms with Gasteiger partial charge in [0.1, 0.15) is 5.69 Å². The number of nitrogens with zero attached hydrogens (tertiary/aromatic N) is 4. The summed E-state index contributed by atoms with van der Waals surface area (Å²) < 4.78 is 4.57. The smallest absolute Gasteiger partial charge is 0.278 e. The second-order valence-corrected chi connectivity index (χ2v) is 10.7. The molecule has 1 aliphatic rings. The molecule has 5 aromatic rings. The molecule has 1 aliphatic carbocycles. The molecule has 0 unspecified atom stereocenters. The summed E-state index contributed by atoms with van der Waals surface area (Å²) in [6, 6.07) is 38.3. The molecule has 0 amide bonds. The number of aromatic nitrogens is 3. The standard InChI is InChI=1S/C35H35N5/c1-26-18-22-30(23-19-26)36-37-33(28-12-6-3-7-13-28)35-39(31-16-10-5-11-17-31)34(29-14-8-4-9-15-29)38-40(35)32-24-20-27(2)21-25-32/h3-4,6-9,12-15,18-25,31H,5,10-11,16-17H2,1-2H3/p+1. The van der Waals surface area contributed by atoms with E-state index in [0.29, 0.717) is 6.04 Å². The number of hydrogen-bond donors (Lipinski definition) is 1. The van der Waals surface area contributed by atoms with Gasteiger partial charge in [-0.1, -0.05) is 95.0 Å². The number of anilines is 1. The van der Waals surface area contributed by atoms with Crippen LogP contribution in [-0.2, 0) is 0 Å². The van der Waals surface area contributed by atoms with Gasteiger partial charge in [0.25, 0.3) is 5.82 Å². The van der Waals surface area contributed by atoms with Gasteiger partial charge in [-0.2, -0.15) is 5.10 Å². The Hall–Kier alpha value is -4.51. The number of benzene rings is 4. The maximum absolute atomic E-state index is 5.34. The van der Waals surface area contributed by atoms with Gasteiger partial charge in [-0.05, 0) is 75.9 Å². The van der Waals surface area contributed by atoms with Crippen LogP contribution in [0.25, 0.3) is 17.1 Å². The molecule has 0 spiro atoms. The van der Waals surface area contributed by atoms with Crippen molar-refractivity contribution < 1.29 is 4.57 Å². The largest absolute Gasteiger partial charge is 0.310 e. The summed E-state index contributed by atoms with van der Waals surface area (Å²) in [5.74, 6) is 1.96. The second-order valence-electron chi connectivity index (χ2n) is 10.7. The number of hydrogen-bond acceptors (Lipinski definition) is 3. The van der Waals surface area contributed by atoms with Crippen LogP contribution >= 0.6 is 0 Å². The average molecular weight is 527 g/mol. The minimum Gasteiger partial charge on any atom is -0.278 e. The molecule has 1 N–H and O–H groups in total. The first kappa shape index (κ1) is 25.8. The van der Waals surface area contributed by atoms with Crippen LogP contribution in [0.3, 0.4) is 0 Å². The zero-order chi connectivity index (χ0) is 27.3. The Morgan fingerprint density at radius 3 is 2.00 bits per heavy atom. The van der Waals surface area contributed by atoms with Crippen LogP contribution < -0.4 is 9.99 Å². The topological polar surface area (TPSA) is 46.1 Å². The molecule has 0 atom stereocenters. The van der Waals surface area contributed by atoms with Crippen molar-refractivity contribution in [3.05, 3.63) is 132 Å². The molecule has 0 aliphatic heterocycles. The minimum atomic E-state index is 0.339. The molecule has 5 heteroatoms. The molecule has 0 bridgehead atoms. The highest BCUT2D eigenvalue weighted by Crippen LogP contribution is 2.29. The number of aryl methyl sites for hydroxylation is 2. The van der Waals surface area contributed by atoms with Gasteiger partial charge < -0.3 is 0 Å². The molecule has 0 radical (unpaired) electrons. The zero-order valence-electron chi connectivity index (χ0n) is 23.3. The van der Waals surface area contributed by atoms with Crippen LogP contribution in [0.1, 0.15) is 60.7 Å². The Morgan fingerprint density at radius 2 is 1.35 bits per heavy atom. The van der Waals surface area contributed by atoms with Crippen molar-refractivity contribution in [2.75, 3.05) is 5.43 Å². The lowest BCUT2D eigenvalue weighted by atomic mass is 9.94. The fraction of sp³-hybridized carbons (Fsp3) is 0.229. The van der Waals surface area contributed by atoms with E-state index in [-0.39, 0.29) is 0 Å². The summed E-state index contributed by atoms with van der Waals surface area (Å²) in [4.78, 5) is 0. The van der Waals surface area contributed by atoms with E-state index in [4.69, 9.17) is 10.2 Å². The fourth-order valence-corrected chi connectivity index (χ4v) is 5.53. The van der Waals surface area contributed by atoms with Crippen molar-refractivity contribution in [2.24, 2.45) is 5.10 Å². The molecule has 6 rings (SSSR count). The van der Waals surface area contributed by atoms with Gasteiger partial charge >= 0.3 is 5.82 Å². The van der Waals surface area contributed by atoms with Crippen molar-refractivity contribution in [1.29, 1.82) is 0 Å². The van der Waals surface area contributed by atoms with E-state index in [1.165, 1.54) is 30.4 Å². The Morgan fingerprint density at radius 1 is 0.750 bits per heavy atom. The zero-order valence-corrected chi connectivity index (χ0v) is 23.3. The summed E-state index contributed by atoms with van der Waals surface area (Å²) in [5.41, 5.74) is 10.8. The van der Waals surface area contributed by atoms with Crippen molar-refractivity contribution in [3.8, 4) is 17.1 Å². The van der Waals surface area contributed by atoms with E-state index in [1.807, 2.05) is 0 Å². The lowest BCUT2D eigenvalue weighted by molar-refractivity contribution is -0.717. The Balaban J connectivity index is 1.63. The van der Waals surface area contributed by atoms with Crippen molar-refractivity contribution in [3.63, 3.8) is 0 Å². The van der Waals surface area contributed by atoms with E-state index < -0.39 is 0 Å². The minimum absolute atomic E-state index is 0.339. The summed E-state index contributed by atoms with van der Waals surface area (Å²) in [6.07, 6.45) is 5.99. The quantitative estimate of drug-likeness (QED) is 0.134. The van der Waals surface area contributed by atoms with Gasteiger partial charge in [-0.15, -0.1) is 0 Å². The van der Waals surface area contributed by atoms with Gasteiger partial charge in [0.15, 0.2) is 5.71 Å². The molecule has 1 fully saturated rings. The average Bonchev–Trinajstić information content (AvgIpc) is 3.40. The third-order valence-corrected chi connectivity index (χ3v) is 7.71. The molecule has 40 heavy (non-hydrogen) atoms. The molecule has 0 saturated heterocycles. The van der Waals surface area contributed by atoms with Gasteiger partial charge in [0, 0.05) is 5.56 Å². The first-order valence-electron chi connectivity index (χ1n) is 14.3. The number of hydrazone groups is 1. The molecular weight excluding hydrogens is 490 g/mol. The highest BCUT2D eigenvalue weighted by Gasteiger charge is 2.37. The molecule has 200 valence electrons. The van der Waals surface area contributed by atoms with E-state index in [0.717, 1.165) is 52.7 Å². The van der Waals surface area contributed by atoms with Crippen LogP contribution in [0.2, 0.25) is 0 Å². The Labute approximate surface area is 236 Å². The van der Waals surface area contributed by atoms with E-state index >= 15 is 0 Å². The first-order valence-corrected chi connectivity index (χ1v) is 14.3. The van der Waals surface area contributed by atoms with Gasteiger partial charge in [0.05, 0.1) is 22.4 Å². The molecule has 1 heterocycles.